The number of likely N-dealkylation sites (tertiary alicyclic amines) is 1. The molecule has 2 aliphatic rings. The number of rotatable bonds is 4. The predicted octanol–water partition coefficient (Wildman–Crippen LogP) is 4.41. The van der Waals surface area contributed by atoms with Gasteiger partial charge in [-0.2, -0.15) is 0 Å². The highest BCUT2D eigenvalue weighted by molar-refractivity contribution is 7.10. The molecule has 0 bridgehead atoms. The molecule has 0 aromatic carbocycles. The molecule has 4 heteroatoms. The molecule has 2 fully saturated rings. The normalized spacial score (nSPS) is 30.5. The minimum Gasteiger partial charge on any atom is -0.342 e. The van der Waals surface area contributed by atoms with Crippen LogP contribution in [0.5, 0.6) is 0 Å². The summed E-state index contributed by atoms with van der Waals surface area (Å²) in [7, 11) is 4.48. The maximum absolute atomic E-state index is 12.3. The lowest BCUT2D eigenvalue weighted by atomic mass is 9.65. The van der Waals surface area contributed by atoms with Crippen LogP contribution >= 0.6 is 11.3 Å². The summed E-state index contributed by atoms with van der Waals surface area (Å²) in [4.78, 5) is 18.4. The molecule has 1 amide bonds. The van der Waals surface area contributed by atoms with Gasteiger partial charge in [0.25, 0.3) is 0 Å². The molecule has 1 aromatic rings. The highest BCUT2D eigenvalue weighted by Gasteiger charge is 2.49. The Bertz CT molecular complexity index is 584. The number of amides is 1. The van der Waals surface area contributed by atoms with Crippen molar-refractivity contribution >= 4 is 17.2 Å². The minimum atomic E-state index is 0.199. The Morgan fingerprint density at radius 1 is 1.25 bits per heavy atom. The Hall–Kier alpha value is -0.870. The first-order chi connectivity index (χ1) is 11.4. The van der Waals surface area contributed by atoms with Crippen molar-refractivity contribution in [3.63, 3.8) is 0 Å². The molecular formula is C20H32N2OS. The zero-order valence-corrected chi connectivity index (χ0v) is 16.5. The van der Waals surface area contributed by atoms with Crippen LogP contribution in [0.15, 0.2) is 11.4 Å². The summed E-state index contributed by atoms with van der Waals surface area (Å²) >= 11 is 1.92. The lowest BCUT2D eigenvalue weighted by molar-refractivity contribution is -0.130. The van der Waals surface area contributed by atoms with E-state index in [2.05, 4.69) is 49.2 Å². The van der Waals surface area contributed by atoms with Gasteiger partial charge in [-0.1, -0.05) is 6.92 Å². The van der Waals surface area contributed by atoms with Crippen molar-refractivity contribution < 1.29 is 4.79 Å². The molecule has 1 saturated carbocycles. The predicted molar refractivity (Wildman–Crippen MR) is 101 cm³/mol. The van der Waals surface area contributed by atoms with Crippen LogP contribution in [0.1, 0.15) is 62.3 Å². The number of carbonyl (C=O) groups is 1. The van der Waals surface area contributed by atoms with Gasteiger partial charge < -0.3 is 4.90 Å². The Morgan fingerprint density at radius 2 is 1.96 bits per heavy atom. The van der Waals surface area contributed by atoms with Gasteiger partial charge in [0.15, 0.2) is 0 Å². The first-order valence-electron chi connectivity index (χ1n) is 9.42. The van der Waals surface area contributed by atoms with Gasteiger partial charge in [0.05, 0.1) is 5.54 Å². The number of carbonyl (C=O) groups excluding carboxylic acids is 1. The summed E-state index contributed by atoms with van der Waals surface area (Å²) in [6, 6.07) is 2.26. The summed E-state index contributed by atoms with van der Waals surface area (Å²) in [6.07, 6.45) is 7.82. The average molecular weight is 349 g/mol. The SMILES string of the molecule is CCCC(=O)N1CCC2(CCC(c3sccc3C)(N(C)C)CC2)C1. The average Bonchev–Trinajstić information content (AvgIpc) is 3.16. The lowest BCUT2D eigenvalue weighted by Gasteiger charge is -2.48. The van der Waals surface area contributed by atoms with Crippen molar-refractivity contribution in [1.82, 2.24) is 9.80 Å². The van der Waals surface area contributed by atoms with E-state index in [1.165, 1.54) is 37.7 Å². The molecular weight excluding hydrogens is 316 g/mol. The molecule has 0 radical (unpaired) electrons. The quantitative estimate of drug-likeness (QED) is 0.805. The molecule has 0 N–H and O–H groups in total. The third-order valence-corrected chi connectivity index (χ3v) is 7.74. The van der Waals surface area contributed by atoms with Gasteiger partial charge in [0.2, 0.25) is 5.91 Å². The van der Waals surface area contributed by atoms with Crippen LogP contribution in [0, 0.1) is 12.3 Å². The number of thiophene rings is 1. The van der Waals surface area contributed by atoms with Gasteiger partial charge in [-0.25, -0.2) is 0 Å². The van der Waals surface area contributed by atoms with E-state index in [9.17, 15) is 4.79 Å². The maximum Gasteiger partial charge on any atom is 0.222 e. The van der Waals surface area contributed by atoms with Crippen molar-refractivity contribution in [2.45, 2.75) is 64.3 Å². The lowest BCUT2D eigenvalue weighted by Crippen LogP contribution is -2.47. The second kappa shape index (κ2) is 6.80. The van der Waals surface area contributed by atoms with Crippen LogP contribution in [-0.2, 0) is 10.3 Å². The van der Waals surface area contributed by atoms with Gasteiger partial charge in [0, 0.05) is 24.4 Å². The molecule has 1 aliphatic carbocycles. The largest absolute Gasteiger partial charge is 0.342 e. The Kier molecular flexibility index (Phi) is 5.08. The van der Waals surface area contributed by atoms with E-state index < -0.39 is 0 Å². The van der Waals surface area contributed by atoms with Crippen molar-refractivity contribution in [3.8, 4) is 0 Å². The Labute approximate surface area is 151 Å². The van der Waals surface area contributed by atoms with Gasteiger partial charge in [-0.15, -0.1) is 11.3 Å². The summed E-state index contributed by atoms with van der Waals surface area (Å²) in [5.74, 6) is 0.368. The van der Waals surface area contributed by atoms with Gasteiger partial charge in [-0.05, 0) is 82.0 Å². The number of nitrogens with zero attached hydrogens (tertiary/aromatic N) is 2. The minimum absolute atomic E-state index is 0.199. The number of hydrogen-bond donors (Lipinski definition) is 0. The standard InChI is InChI=1S/C20H32N2OS/c1-5-6-17(23)22-13-12-19(15-22)8-10-20(11-9-19,21(3)4)18-16(2)7-14-24-18/h7,14H,5-6,8-13,15H2,1-4H3. The monoisotopic (exact) mass is 348 g/mol. The van der Waals surface area contributed by atoms with E-state index in [0.29, 0.717) is 17.7 Å². The van der Waals surface area contributed by atoms with Gasteiger partial charge in [0.1, 0.15) is 0 Å². The first-order valence-corrected chi connectivity index (χ1v) is 10.3. The molecule has 1 saturated heterocycles. The van der Waals surface area contributed by atoms with Crippen LogP contribution in [0.2, 0.25) is 0 Å². The molecule has 1 aliphatic heterocycles. The van der Waals surface area contributed by atoms with E-state index >= 15 is 0 Å². The number of hydrogen-bond acceptors (Lipinski definition) is 3. The topological polar surface area (TPSA) is 23.6 Å². The van der Waals surface area contributed by atoms with E-state index in [-0.39, 0.29) is 5.54 Å². The van der Waals surface area contributed by atoms with Crippen molar-refractivity contribution in [3.05, 3.63) is 21.9 Å². The van der Waals surface area contributed by atoms with E-state index in [1.807, 2.05) is 11.3 Å². The molecule has 3 nitrogen and oxygen atoms in total. The zero-order chi connectivity index (χ0) is 17.4. The number of aryl methyl sites for hydroxylation is 1. The van der Waals surface area contributed by atoms with Crippen molar-refractivity contribution in [2.24, 2.45) is 5.41 Å². The second-order valence-corrected chi connectivity index (χ2v) is 9.09. The third-order valence-electron chi connectivity index (χ3n) is 6.53. The molecule has 2 heterocycles. The highest BCUT2D eigenvalue weighted by Crippen LogP contribution is 2.53. The van der Waals surface area contributed by atoms with Crippen LogP contribution in [-0.4, -0.2) is 42.9 Å². The zero-order valence-electron chi connectivity index (χ0n) is 15.7. The van der Waals surface area contributed by atoms with Crippen LogP contribution in [0.25, 0.3) is 0 Å². The fourth-order valence-corrected chi connectivity index (χ4v) is 6.12. The van der Waals surface area contributed by atoms with Crippen molar-refractivity contribution in [2.75, 3.05) is 27.2 Å². The molecule has 24 heavy (non-hydrogen) atoms. The first kappa shape index (κ1) is 17.9. The molecule has 3 rings (SSSR count). The summed E-state index contributed by atoms with van der Waals surface area (Å²) in [5, 5.41) is 2.24. The van der Waals surface area contributed by atoms with Gasteiger partial charge in [-0.3, -0.25) is 9.69 Å². The van der Waals surface area contributed by atoms with Crippen molar-refractivity contribution in [1.29, 1.82) is 0 Å². The fraction of sp³-hybridized carbons (Fsp3) is 0.750. The smallest absolute Gasteiger partial charge is 0.222 e. The van der Waals surface area contributed by atoms with Crippen LogP contribution in [0.3, 0.4) is 0 Å². The summed E-state index contributed by atoms with van der Waals surface area (Å²) in [5.41, 5.74) is 2.02. The van der Waals surface area contributed by atoms with Crippen LogP contribution < -0.4 is 0 Å². The maximum atomic E-state index is 12.3. The molecule has 1 aromatic heterocycles. The second-order valence-electron chi connectivity index (χ2n) is 8.17. The molecule has 1 spiro atoms. The Morgan fingerprint density at radius 3 is 2.50 bits per heavy atom. The fourth-order valence-electron chi connectivity index (χ4n) is 4.85. The highest BCUT2D eigenvalue weighted by atomic mass is 32.1. The summed E-state index contributed by atoms with van der Waals surface area (Å²) < 4.78 is 0. The van der Waals surface area contributed by atoms with E-state index in [1.54, 1.807) is 4.88 Å². The third kappa shape index (κ3) is 3.03. The van der Waals surface area contributed by atoms with Gasteiger partial charge >= 0.3 is 0 Å². The van der Waals surface area contributed by atoms with Crippen LogP contribution in [0.4, 0.5) is 0 Å². The summed E-state index contributed by atoms with van der Waals surface area (Å²) in [6.45, 7) is 6.33. The Balaban J connectivity index is 1.73. The molecule has 134 valence electrons. The molecule has 0 atom stereocenters. The van der Waals surface area contributed by atoms with E-state index in [0.717, 1.165) is 19.5 Å². The molecule has 0 unspecified atom stereocenters. The van der Waals surface area contributed by atoms with E-state index in [4.69, 9.17) is 0 Å².